The van der Waals surface area contributed by atoms with E-state index in [4.69, 9.17) is 4.74 Å². The Morgan fingerprint density at radius 3 is 2.63 bits per heavy atom. The summed E-state index contributed by atoms with van der Waals surface area (Å²) < 4.78 is 43.3. The number of nitrogens with zero attached hydrogens (tertiary/aromatic N) is 1. The molecule has 1 fully saturated rings. The van der Waals surface area contributed by atoms with Crippen LogP contribution >= 0.6 is 12.4 Å². The molecule has 0 saturated carbocycles. The number of rotatable bonds is 3. The van der Waals surface area contributed by atoms with Crippen molar-refractivity contribution in [2.24, 2.45) is 5.92 Å². The highest BCUT2D eigenvalue weighted by molar-refractivity contribution is 5.85. The highest BCUT2D eigenvalue weighted by Gasteiger charge is 2.36. The minimum absolute atomic E-state index is 0. The van der Waals surface area contributed by atoms with E-state index in [1.165, 1.54) is 12.1 Å². The first-order chi connectivity index (χ1) is 8.57. The van der Waals surface area contributed by atoms with Gasteiger partial charge in [0.15, 0.2) is 5.69 Å². The van der Waals surface area contributed by atoms with Gasteiger partial charge in [0.2, 0.25) is 0 Å². The minimum atomic E-state index is -4.47. The quantitative estimate of drug-likeness (QED) is 0.931. The van der Waals surface area contributed by atoms with E-state index < -0.39 is 11.9 Å². The highest BCUT2D eigenvalue weighted by Crippen LogP contribution is 2.34. The first kappa shape index (κ1) is 16.0. The van der Waals surface area contributed by atoms with Gasteiger partial charge in [0, 0.05) is 6.20 Å². The van der Waals surface area contributed by atoms with Gasteiger partial charge in [0.25, 0.3) is 0 Å². The van der Waals surface area contributed by atoms with Crippen molar-refractivity contribution in [1.29, 1.82) is 0 Å². The lowest BCUT2D eigenvalue weighted by Gasteiger charge is -2.23. The average molecular weight is 297 g/mol. The predicted molar refractivity (Wildman–Crippen MR) is 67.6 cm³/mol. The predicted octanol–water partition coefficient (Wildman–Crippen LogP) is 2.90. The number of alkyl halides is 3. The van der Waals surface area contributed by atoms with Gasteiger partial charge < -0.3 is 10.1 Å². The highest BCUT2D eigenvalue weighted by atomic mass is 35.5. The molecule has 3 nitrogen and oxygen atoms in total. The Kier molecular flexibility index (Phi) is 5.87. The van der Waals surface area contributed by atoms with Crippen LogP contribution in [0.25, 0.3) is 0 Å². The van der Waals surface area contributed by atoms with Crippen LogP contribution in [0.15, 0.2) is 18.3 Å². The Labute approximate surface area is 116 Å². The van der Waals surface area contributed by atoms with E-state index in [1.807, 2.05) is 0 Å². The van der Waals surface area contributed by atoms with E-state index in [9.17, 15) is 13.2 Å². The van der Waals surface area contributed by atoms with Gasteiger partial charge >= 0.3 is 6.18 Å². The van der Waals surface area contributed by atoms with Crippen molar-refractivity contribution in [2.75, 3.05) is 19.7 Å². The van der Waals surface area contributed by atoms with Crippen molar-refractivity contribution >= 4 is 12.4 Å². The third kappa shape index (κ3) is 4.54. The average Bonchev–Trinajstić information content (AvgIpc) is 2.37. The van der Waals surface area contributed by atoms with Gasteiger partial charge in [-0.25, -0.2) is 4.98 Å². The van der Waals surface area contributed by atoms with Crippen molar-refractivity contribution < 1.29 is 17.9 Å². The third-order valence-corrected chi connectivity index (χ3v) is 2.97. The lowest BCUT2D eigenvalue weighted by atomic mass is 9.99. The van der Waals surface area contributed by atoms with E-state index in [1.54, 1.807) is 0 Å². The van der Waals surface area contributed by atoms with Crippen molar-refractivity contribution in [1.82, 2.24) is 10.3 Å². The molecule has 1 aromatic rings. The minimum Gasteiger partial charge on any atom is -0.491 e. The van der Waals surface area contributed by atoms with E-state index in [0.717, 1.165) is 32.1 Å². The molecule has 1 N–H and O–H groups in total. The Morgan fingerprint density at radius 1 is 1.32 bits per heavy atom. The monoisotopic (exact) mass is 296 g/mol. The summed E-state index contributed by atoms with van der Waals surface area (Å²) >= 11 is 0. The lowest BCUT2D eigenvalue weighted by Crippen LogP contribution is -2.30. The van der Waals surface area contributed by atoms with Gasteiger partial charge in [0.05, 0.1) is 6.61 Å². The molecular weight excluding hydrogens is 281 g/mol. The number of hydrogen-bond acceptors (Lipinski definition) is 3. The summed E-state index contributed by atoms with van der Waals surface area (Å²) in [6.07, 6.45) is -1.48. The number of aromatic nitrogens is 1. The first-order valence-electron chi connectivity index (χ1n) is 5.93. The summed E-state index contributed by atoms with van der Waals surface area (Å²) in [6, 6.07) is 2.77. The number of halogens is 4. The fourth-order valence-electron chi connectivity index (χ4n) is 1.98. The Balaban J connectivity index is 0.00000180. The number of ether oxygens (including phenoxy) is 1. The van der Waals surface area contributed by atoms with Gasteiger partial charge in [-0.05, 0) is 44.0 Å². The van der Waals surface area contributed by atoms with Gasteiger partial charge in [-0.2, -0.15) is 13.2 Å². The van der Waals surface area contributed by atoms with Crippen molar-refractivity contribution in [3.63, 3.8) is 0 Å². The molecule has 19 heavy (non-hydrogen) atoms. The van der Waals surface area contributed by atoms with Crippen molar-refractivity contribution in [3.05, 3.63) is 24.0 Å². The smallest absolute Gasteiger partial charge is 0.437 e. The molecule has 7 heteroatoms. The van der Waals surface area contributed by atoms with E-state index >= 15 is 0 Å². The molecule has 1 aliphatic rings. The molecular formula is C12H16ClF3N2O. The van der Waals surface area contributed by atoms with Crippen LogP contribution in [-0.4, -0.2) is 24.7 Å². The second-order valence-corrected chi connectivity index (χ2v) is 4.35. The maximum Gasteiger partial charge on any atom is 0.437 e. The lowest BCUT2D eigenvalue weighted by molar-refractivity contribution is -0.142. The second kappa shape index (κ2) is 6.96. The summed E-state index contributed by atoms with van der Waals surface area (Å²) in [6.45, 7) is 2.11. The molecule has 0 aromatic carbocycles. The van der Waals surface area contributed by atoms with Crippen LogP contribution in [0.1, 0.15) is 18.5 Å². The van der Waals surface area contributed by atoms with Gasteiger partial charge in [-0.3, -0.25) is 0 Å². The summed E-state index contributed by atoms with van der Waals surface area (Å²) in [4.78, 5) is 3.35. The van der Waals surface area contributed by atoms with Crippen LogP contribution in [0.4, 0.5) is 13.2 Å². The first-order valence-corrected chi connectivity index (χ1v) is 5.93. The summed E-state index contributed by atoms with van der Waals surface area (Å²) in [5.41, 5.74) is -0.945. The van der Waals surface area contributed by atoms with E-state index in [0.29, 0.717) is 12.5 Å². The number of piperidine rings is 1. The van der Waals surface area contributed by atoms with Crippen molar-refractivity contribution in [3.8, 4) is 5.75 Å². The fraction of sp³-hybridized carbons (Fsp3) is 0.583. The van der Waals surface area contributed by atoms with Gasteiger partial charge in [-0.1, -0.05) is 0 Å². The molecule has 0 aliphatic carbocycles. The van der Waals surface area contributed by atoms with Gasteiger partial charge in [-0.15, -0.1) is 12.4 Å². The number of pyridine rings is 1. The normalized spacial score (nSPS) is 16.8. The molecule has 0 unspecified atom stereocenters. The zero-order valence-corrected chi connectivity index (χ0v) is 11.1. The Morgan fingerprint density at radius 2 is 2.00 bits per heavy atom. The molecule has 0 bridgehead atoms. The standard InChI is InChI=1S/C12H15F3N2O.ClH/c13-12(14,15)11-10(2-1-5-17-11)18-8-9-3-6-16-7-4-9;/h1-2,5,9,16H,3-4,6-8H2;1H. The van der Waals surface area contributed by atoms with Crippen LogP contribution in [0.5, 0.6) is 5.75 Å². The van der Waals surface area contributed by atoms with Crippen LogP contribution in [0.2, 0.25) is 0 Å². The number of hydrogen-bond donors (Lipinski definition) is 1. The van der Waals surface area contributed by atoms with Gasteiger partial charge in [0.1, 0.15) is 5.75 Å². The Bertz CT molecular complexity index is 395. The van der Waals surface area contributed by atoms with Crippen LogP contribution in [0.3, 0.4) is 0 Å². The van der Waals surface area contributed by atoms with Crippen LogP contribution in [-0.2, 0) is 6.18 Å². The third-order valence-electron chi connectivity index (χ3n) is 2.97. The van der Waals surface area contributed by atoms with Crippen molar-refractivity contribution in [2.45, 2.75) is 19.0 Å². The van der Waals surface area contributed by atoms with E-state index in [-0.39, 0.29) is 18.2 Å². The molecule has 0 amide bonds. The summed E-state index contributed by atoms with van der Waals surface area (Å²) in [5.74, 6) is 0.135. The molecule has 0 atom stereocenters. The zero-order chi connectivity index (χ0) is 13.0. The van der Waals surface area contributed by atoms with E-state index in [2.05, 4.69) is 10.3 Å². The largest absolute Gasteiger partial charge is 0.491 e. The molecule has 1 aliphatic heterocycles. The molecule has 2 rings (SSSR count). The Hall–Kier alpha value is -1.01. The SMILES string of the molecule is Cl.FC(F)(F)c1ncccc1OCC1CCNCC1. The molecule has 0 spiro atoms. The van der Waals surface area contributed by atoms with Crippen LogP contribution < -0.4 is 10.1 Å². The maximum atomic E-state index is 12.7. The summed E-state index contributed by atoms with van der Waals surface area (Å²) in [5, 5.41) is 3.20. The number of nitrogens with one attached hydrogen (secondary N) is 1. The fourth-order valence-corrected chi connectivity index (χ4v) is 1.98. The molecule has 0 radical (unpaired) electrons. The molecule has 2 heterocycles. The molecule has 108 valence electrons. The van der Waals surface area contributed by atoms with Crippen LogP contribution in [0, 0.1) is 5.92 Å². The topological polar surface area (TPSA) is 34.1 Å². The molecule has 1 aromatic heterocycles. The maximum absolute atomic E-state index is 12.7. The zero-order valence-electron chi connectivity index (χ0n) is 10.2. The second-order valence-electron chi connectivity index (χ2n) is 4.35. The molecule has 1 saturated heterocycles. The summed E-state index contributed by atoms with van der Waals surface area (Å²) in [7, 11) is 0.